The summed E-state index contributed by atoms with van der Waals surface area (Å²) in [6, 6.07) is 2.00. The molecule has 6 nitrogen and oxygen atoms in total. The van der Waals surface area contributed by atoms with Crippen molar-refractivity contribution in [2.45, 2.75) is 31.6 Å². The molecular formula is C17H25N3O3. The molecule has 2 aliphatic heterocycles. The maximum absolute atomic E-state index is 12.7. The monoisotopic (exact) mass is 319 g/mol. The average Bonchev–Trinajstić information content (AvgIpc) is 3.24. The van der Waals surface area contributed by atoms with E-state index in [0.29, 0.717) is 32.0 Å². The number of ether oxygens (including phenoxy) is 1. The summed E-state index contributed by atoms with van der Waals surface area (Å²) in [5, 5.41) is 10.5. The summed E-state index contributed by atoms with van der Waals surface area (Å²) in [6.07, 6.45) is 5.10. The third-order valence-electron chi connectivity index (χ3n) is 4.80. The van der Waals surface area contributed by atoms with E-state index in [2.05, 4.69) is 22.4 Å². The molecule has 2 N–H and O–H groups in total. The van der Waals surface area contributed by atoms with Crippen LogP contribution in [0.2, 0.25) is 0 Å². The summed E-state index contributed by atoms with van der Waals surface area (Å²) in [7, 11) is 0. The minimum absolute atomic E-state index is 0.0618. The van der Waals surface area contributed by atoms with Crippen LogP contribution in [0.25, 0.3) is 0 Å². The smallest absolute Gasteiger partial charge is 0.228 e. The normalized spacial score (nSPS) is 27.7. The van der Waals surface area contributed by atoms with Crippen LogP contribution < -0.4 is 10.6 Å². The van der Waals surface area contributed by atoms with Gasteiger partial charge in [0, 0.05) is 38.1 Å². The standard InChI is InChI=1S/C17H25N3O3/c1-2-6-19-16(21)17(5-3-7-18-12-17)10-14-9-15(20-23-14)13-4-8-22-11-13/h2,9,13,18H,1,3-8,10-12H2,(H,19,21). The van der Waals surface area contributed by atoms with Crippen molar-refractivity contribution in [3.05, 3.63) is 30.2 Å². The van der Waals surface area contributed by atoms with Crippen LogP contribution in [0.15, 0.2) is 23.2 Å². The number of hydrogen-bond donors (Lipinski definition) is 2. The molecule has 2 fully saturated rings. The maximum Gasteiger partial charge on any atom is 0.228 e. The van der Waals surface area contributed by atoms with E-state index in [1.54, 1.807) is 6.08 Å². The zero-order valence-corrected chi connectivity index (χ0v) is 13.5. The number of amides is 1. The number of nitrogens with one attached hydrogen (secondary N) is 2. The summed E-state index contributed by atoms with van der Waals surface area (Å²) in [5.74, 6) is 1.17. The second-order valence-electron chi connectivity index (χ2n) is 6.51. The van der Waals surface area contributed by atoms with Crippen LogP contribution in [0.1, 0.15) is 36.6 Å². The van der Waals surface area contributed by atoms with Crippen molar-refractivity contribution in [3.63, 3.8) is 0 Å². The van der Waals surface area contributed by atoms with Crippen molar-refractivity contribution in [2.75, 3.05) is 32.8 Å². The Balaban J connectivity index is 1.72. The van der Waals surface area contributed by atoms with Crippen LogP contribution >= 0.6 is 0 Å². The Bertz CT molecular complexity index is 543. The zero-order valence-electron chi connectivity index (χ0n) is 13.5. The molecule has 2 unspecified atom stereocenters. The van der Waals surface area contributed by atoms with E-state index in [1.165, 1.54) is 0 Å². The molecule has 0 saturated carbocycles. The van der Waals surface area contributed by atoms with Crippen molar-refractivity contribution in [1.82, 2.24) is 15.8 Å². The molecule has 1 aromatic rings. The van der Waals surface area contributed by atoms with Crippen molar-refractivity contribution in [1.29, 1.82) is 0 Å². The van der Waals surface area contributed by atoms with Crippen LogP contribution in [-0.4, -0.2) is 43.9 Å². The van der Waals surface area contributed by atoms with E-state index >= 15 is 0 Å². The van der Waals surface area contributed by atoms with Crippen molar-refractivity contribution >= 4 is 5.91 Å². The minimum Gasteiger partial charge on any atom is -0.381 e. The lowest BCUT2D eigenvalue weighted by Gasteiger charge is -2.35. The molecule has 3 rings (SSSR count). The summed E-state index contributed by atoms with van der Waals surface area (Å²) in [6.45, 7) is 7.26. The largest absolute Gasteiger partial charge is 0.381 e. The van der Waals surface area contributed by atoms with Gasteiger partial charge in [0.2, 0.25) is 5.91 Å². The lowest BCUT2D eigenvalue weighted by atomic mass is 9.76. The summed E-state index contributed by atoms with van der Waals surface area (Å²) in [5.41, 5.74) is 0.479. The van der Waals surface area contributed by atoms with Crippen LogP contribution in [0.3, 0.4) is 0 Å². The van der Waals surface area contributed by atoms with Gasteiger partial charge >= 0.3 is 0 Å². The fourth-order valence-corrected chi connectivity index (χ4v) is 3.45. The second kappa shape index (κ2) is 7.27. The highest BCUT2D eigenvalue weighted by Crippen LogP contribution is 2.33. The molecule has 23 heavy (non-hydrogen) atoms. The van der Waals surface area contributed by atoms with Gasteiger partial charge in [-0.05, 0) is 25.8 Å². The van der Waals surface area contributed by atoms with Gasteiger partial charge in [-0.2, -0.15) is 0 Å². The highest BCUT2D eigenvalue weighted by molar-refractivity contribution is 5.83. The molecule has 1 amide bonds. The Morgan fingerprint density at radius 1 is 1.61 bits per heavy atom. The number of piperidine rings is 1. The van der Waals surface area contributed by atoms with Crippen LogP contribution in [-0.2, 0) is 16.0 Å². The Morgan fingerprint density at radius 3 is 3.22 bits per heavy atom. The number of carbonyl (C=O) groups excluding carboxylic acids is 1. The van der Waals surface area contributed by atoms with E-state index in [1.807, 2.05) is 6.07 Å². The zero-order chi connectivity index (χ0) is 16.1. The lowest BCUT2D eigenvalue weighted by molar-refractivity contribution is -0.132. The summed E-state index contributed by atoms with van der Waals surface area (Å²) in [4.78, 5) is 12.7. The second-order valence-corrected chi connectivity index (χ2v) is 6.51. The van der Waals surface area contributed by atoms with Gasteiger partial charge in [0.15, 0.2) is 0 Å². The molecule has 6 heteroatoms. The Morgan fingerprint density at radius 2 is 2.52 bits per heavy atom. The van der Waals surface area contributed by atoms with Gasteiger partial charge in [0.25, 0.3) is 0 Å². The maximum atomic E-state index is 12.7. The molecule has 126 valence electrons. The molecule has 0 radical (unpaired) electrons. The highest BCUT2D eigenvalue weighted by atomic mass is 16.5. The van der Waals surface area contributed by atoms with E-state index < -0.39 is 5.41 Å². The van der Waals surface area contributed by atoms with Gasteiger partial charge < -0.3 is 19.9 Å². The van der Waals surface area contributed by atoms with Crippen molar-refractivity contribution < 1.29 is 14.1 Å². The number of nitrogens with zero attached hydrogens (tertiary/aromatic N) is 1. The first-order valence-electron chi connectivity index (χ1n) is 8.37. The van der Waals surface area contributed by atoms with Gasteiger partial charge in [-0.15, -0.1) is 6.58 Å². The minimum atomic E-state index is -0.468. The van der Waals surface area contributed by atoms with Crippen molar-refractivity contribution in [3.8, 4) is 0 Å². The summed E-state index contributed by atoms with van der Waals surface area (Å²) >= 11 is 0. The molecule has 0 aromatic carbocycles. The molecule has 2 atom stereocenters. The van der Waals surface area contributed by atoms with Gasteiger partial charge in [0.1, 0.15) is 5.76 Å². The molecule has 0 aliphatic carbocycles. The first kappa shape index (κ1) is 16.2. The first-order chi connectivity index (χ1) is 11.2. The molecule has 3 heterocycles. The SMILES string of the molecule is C=CCNC(=O)C1(Cc2cc(C3CCOC3)no2)CCCNC1. The molecule has 0 spiro atoms. The van der Waals surface area contributed by atoms with Crippen LogP contribution in [0.4, 0.5) is 0 Å². The molecule has 2 aliphatic rings. The topological polar surface area (TPSA) is 76.4 Å². The fraction of sp³-hybridized carbons (Fsp3) is 0.647. The molecule has 1 aromatic heterocycles. The predicted molar refractivity (Wildman–Crippen MR) is 86.1 cm³/mol. The quantitative estimate of drug-likeness (QED) is 0.775. The third-order valence-corrected chi connectivity index (χ3v) is 4.80. The van der Waals surface area contributed by atoms with Gasteiger partial charge in [-0.3, -0.25) is 4.79 Å². The molecular weight excluding hydrogens is 294 g/mol. The van der Waals surface area contributed by atoms with E-state index in [4.69, 9.17) is 9.26 Å². The number of carbonyl (C=O) groups is 1. The molecule has 0 bridgehead atoms. The third kappa shape index (κ3) is 3.64. The van der Waals surface area contributed by atoms with Gasteiger partial charge in [-0.25, -0.2) is 0 Å². The fourth-order valence-electron chi connectivity index (χ4n) is 3.45. The highest BCUT2D eigenvalue weighted by Gasteiger charge is 2.40. The Labute approximate surface area is 136 Å². The average molecular weight is 319 g/mol. The van der Waals surface area contributed by atoms with Crippen LogP contribution in [0.5, 0.6) is 0 Å². The Kier molecular flexibility index (Phi) is 5.13. The predicted octanol–water partition coefficient (Wildman–Crippen LogP) is 1.39. The summed E-state index contributed by atoms with van der Waals surface area (Å²) < 4.78 is 10.9. The van der Waals surface area contributed by atoms with E-state index in [9.17, 15) is 4.79 Å². The van der Waals surface area contributed by atoms with Gasteiger partial charge in [0.05, 0.1) is 17.7 Å². The molecule has 2 saturated heterocycles. The van der Waals surface area contributed by atoms with Crippen molar-refractivity contribution in [2.24, 2.45) is 5.41 Å². The van der Waals surface area contributed by atoms with E-state index in [-0.39, 0.29) is 5.91 Å². The van der Waals surface area contributed by atoms with Gasteiger partial charge in [-0.1, -0.05) is 11.2 Å². The Hall–Kier alpha value is -1.66. The first-order valence-corrected chi connectivity index (χ1v) is 8.37. The number of hydrogen-bond acceptors (Lipinski definition) is 5. The van der Waals surface area contributed by atoms with E-state index in [0.717, 1.165) is 43.9 Å². The number of rotatable bonds is 6. The number of aromatic nitrogens is 1. The lowest BCUT2D eigenvalue weighted by Crippen LogP contribution is -2.51. The van der Waals surface area contributed by atoms with Crippen LogP contribution in [0, 0.1) is 5.41 Å².